The topological polar surface area (TPSA) is 90.5 Å². The Morgan fingerprint density at radius 2 is 1.89 bits per heavy atom. The molecule has 0 saturated carbocycles. The number of aromatic nitrogens is 2. The van der Waals surface area contributed by atoms with Crippen molar-refractivity contribution >= 4 is 10.0 Å². The molecule has 11 heteroatoms. The maximum atomic E-state index is 14.0. The van der Waals surface area contributed by atoms with E-state index in [9.17, 15) is 21.6 Å². The van der Waals surface area contributed by atoms with E-state index in [2.05, 4.69) is 10.00 Å². The Kier molecular flexibility index (Phi) is 4.73. The maximum absolute atomic E-state index is 14.0. The molecule has 2 N–H and O–H groups in total. The summed E-state index contributed by atoms with van der Waals surface area (Å²) in [5, 5.41) is 4.11. The maximum Gasteiger partial charge on any atom is 0.250 e. The first-order valence-electron chi connectivity index (χ1n) is 8.67. The summed E-state index contributed by atoms with van der Waals surface area (Å²) in [4.78, 5) is 2.06. The predicted octanol–water partition coefficient (Wildman–Crippen LogP) is 1.28. The van der Waals surface area contributed by atoms with Gasteiger partial charge in [-0.3, -0.25) is 4.90 Å². The lowest BCUT2D eigenvalue weighted by molar-refractivity contribution is -0.0533. The lowest BCUT2D eigenvalue weighted by Gasteiger charge is -2.38. The fourth-order valence-corrected chi connectivity index (χ4v) is 4.32. The van der Waals surface area contributed by atoms with E-state index >= 15 is 0 Å². The van der Waals surface area contributed by atoms with E-state index in [0.717, 1.165) is 22.0 Å². The Morgan fingerprint density at radius 1 is 1.18 bits per heavy atom. The van der Waals surface area contributed by atoms with Gasteiger partial charge in [-0.1, -0.05) is 0 Å². The fraction of sp³-hybridized carbons (Fsp3) is 0.471. The van der Waals surface area contributed by atoms with Crippen molar-refractivity contribution in [2.24, 2.45) is 5.73 Å². The second-order valence-corrected chi connectivity index (χ2v) is 9.08. The van der Waals surface area contributed by atoms with Gasteiger partial charge in [-0.15, -0.1) is 0 Å². The standard InChI is InChI=1S/C17H19F3N4O3S/c1-28(25,26)24-6-9-5-23(7-16(9)22-24)10-2-15(21)17(27-8-10)11-3-13(19)14(20)4-12(11)18/h3-4,6,10,15,17H,2,5,7-8,21H2,1H3/t10?,15-,17+/m0/s1. The van der Waals surface area contributed by atoms with Crippen molar-refractivity contribution in [1.29, 1.82) is 0 Å². The molecule has 1 fully saturated rings. The third-order valence-corrected chi connectivity index (χ3v) is 6.05. The van der Waals surface area contributed by atoms with Crippen molar-refractivity contribution in [3.63, 3.8) is 0 Å². The molecule has 3 heterocycles. The van der Waals surface area contributed by atoms with Gasteiger partial charge in [-0.05, 0) is 12.5 Å². The molecule has 152 valence electrons. The quantitative estimate of drug-likeness (QED) is 0.759. The Bertz CT molecular complexity index is 1000. The first-order valence-corrected chi connectivity index (χ1v) is 10.5. The highest BCUT2D eigenvalue weighted by Gasteiger charge is 2.37. The molecular formula is C17H19F3N4O3S. The van der Waals surface area contributed by atoms with Gasteiger partial charge >= 0.3 is 0 Å². The minimum atomic E-state index is -3.43. The van der Waals surface area contributed by atoms with E-state index < -0.39 is 39.6 Å². The third-order valence-electron chi connectivity index (χ3n) is 5.19. The van der Waals surface area contributed by atoms with Crippen LogP contribution in [0, 0.1) is 17.5 Å². The van der Waals surface area contributed by atoms with Crippen LogP contribution in [0.2, 0.25) is 0 Å². The second kappa shape index (κ2) is 6.83. The van der Waals surface area contributed by atoms with Crippen LogP contribution in [-0.4, -0.2) is 47.4 Å². The molecule has 0 bridgehead atoms. The number of hydrogen-bond acceptors (Lipinski definition) is 6. The van der Waals surface area contributed by atoms with Gasteiger partial charge in [0.2, 0.25) is 0 Å². The van der Waals surface area contributed by atoms with Crippen LogP contribution < -0.4 is 5.73 Å². The molecule has 4 rings (SSSR count). The van der Waals surface area contributed by atoms with Gasteiger partial charge in [0.05, 0.1) is 18.6 Å². The lowest BCUT2D eigenvalue weighted by atomic mass is 9.93. The Hall–Kier alpha value is -1.95. The summed E-state index contributed by atoms with van der Waals surface area (Å²) in [6, 6.07) is 0.587. The summed E-state index contributed by atoms with van der Waals surface area (Å²) in [6.45, 7) is 1.17. The van der Waals surface area contributed by atoms with Crippen LogP contribution in [0.4, 0.5) is 13.2 Å². The van der Waals surface area contributed by atoms with Crippen LogP contribution in [0.15, 0.2) is 18.3 Å². The van der Waals surface area contributed by atoms with Crippen LogP contribution in [0.25, 0.3) is 0 Å². The molecule has 0 aliphatic carbocycles. The number of nitrogens with zero attached hydrogens (tertiary/aromatic N) is 3. The van der Waals surface area contributed by atoms with Gasteiger partial charge < -0.3 is 10.5 Å². The molecule has 0 amide bonds. The van der Waals surface area contributed by atoms with Crippen molar-refractivity contribution in [2.75, 3.05) is 12.9 Å². The third kappa shape index (κ3) is 3.43. The number of halogens is 3. The van der Waals surface area contributed by atoms with Crippen LogP contribution in [-0.2, 0) is 27.8 Å². The number of hydrogen-bond donors (Lipinski definition) is 1. The molecule has 28 heavy (non-hydrogen) atoms. The number of rotatable bonds is 3. The zero-order valence-electron chi connectivity index (χ0n) is 15.0. The molecule has 2 aromatic rings. The van der Waals surface area contributed by atoms with Crippen LogP contribution >= 0.6 is 0 Å². The monoisotopic (exact) mass is 416 g/mol. The van der Waals surface area contributed by atoms with Crippen molar-refractivity contribution < 1.29 is 26.3 Å². The van der Waals surface area contributed by atoms with E-state index in [0.29, 0.717) is 31.3 Å². The lowest BCUT2D eigenvalue weighted by Crippen LogP contribution is -2.47. The molecular weight excluding hydrogens is 397 g/mol. The molecule has 7 nitrogen and oxygen atoms in total. The summed E-state index contributed by atoms with van der Waals surface area (Å²) in [6.07, 6.45) is 2.16. The van der Waals surface area contributed by atoms with E-state index in [1.54, 1.807) is 0 Å². The molecule has 0 spiro atoms. The summed E-state index contributed by atoms with van der Waals surface area (Å²) in [5.41, 5.74) is 7.54. The second-order valence-electron chi connectivity index (χ2n) is 7.24. The fourth-order valence-electron chi connectivity index (χ4n) is 3.76. The smallest absolute Gasteiger partial charge is 0.250 e. The first-order chi connectivity index (χ1) is 13.1. The van der Waals surface area contributed by atoms with Crippen molar-refractivity contribution in [2.45, 2.75) is 37.7 Å². The van der Waals surface area contributed by atoms with Crippen LogP contribution in [0.1, 0.15) is 29.3 Å². The summed E-state index contributed by atoms with van der Waals surface area (Å²) in [5.74, 6) is -3.31. The van der Waals surface area contributed by atoms with Gasteiger partial charge in [0.15, 0.2) is 11.6 Å². The average Bonchev–Trinajstić information content (AvgIpc) is 3.17. The number of fused-ring (bicyclic) bond motifs is 1. The van der Waals surface area contributed by atoms with Gasteiger partial charge in [0.1, 0.15) is 11.9 Å². The van der Waals surface area contributed by atoms with E-state index in [1.165, 1.54) is 6.20 Å². The predicted molar refractivity (Wildman–Crippen MR) is 93.1 cm³/mol. The number of ether oxygens (including phenoxy) is 1. The average molecular weight is 416 g/mol. The largest absolute Gasteiger partial charge is 0.370 e. The molecule has 1 saturated heterocycles. The summed E-state index contributed by atoms with van der Waals surface area (Å²) >= 11 is 0. The molecule has 2 aliphatic rings. The Balaban J connectivity index is 1.45. The zero-order valence-corrected chi connectivity index (χ0v) is 15.8. The highest BCUT2D eigenvalue weighted by molar-refractivity contribution is 7.89. The summed E-state index contributed by atoms with van der Waals surface area (Å²) < 4.78 is 70.5. The molecule has 1 aromatic heterocycles. The van der Waals surface area contributed by atoms with E-state index in [4.69, 9.17) is 10.5 Å². The van der Waals surface area contributed by atoms with E-state index in [-0.39, 0.29) is 18.2 Å². The van der Waals surface area contributed by atoms with Crippen LogP contribution in [0.3, 0.4) is 0 Å². The number of nitrogens with two attached hydrogens (primary N) is 1. The van der Waals surface area contributed by atoms with Gasteiger partial charge in [0, 0.05) is 48.6 Å². The number of benzene rings is 1. The molecule has 1 aromatic carbocycles. The summed E-state index contributed by atoms with van der Waals surface area (Å²) in [7, 11) is -3.43. The van der Waals surface area contributed by atoms with Crippen LogP contribution in [0.5, 0.6) is 0 Å². The molecule has 2 aliphatic heterocycles. The normalized spacial score (nSPS) is 25.8. The Labute approximate surface area is 159 Å². The first kappa shape index (κ1) is 19.4. The molecule has 0 radical (unpaired) electrons. The minimum Gasteiger partial charge on any atom is -0.370 e. The van der Waals surface area contributed by atoms with Crippen molar-refractivity contribution in [3.05, 3.63) is 52.6 Å². The van der Waals surface area contributed by atoms with Crippen molar-refractivity contribution in [3.8, 4) is 0 Å². The Morgan fingerprint density at radius 3 is 2.54 bits per heavy atom. The SMILES string of the molecule is CS(=O)(=O)n1cc2c(n1)CN(C1CO[C@H](c3cc(F)c(F)cc3F)[C@@H](N)C1)C2. The van der Waals surface area contributed by atoms with E-state index in [1.807, 2.05) is 0 Å². The minimum absolute atomic E-state index is 0.0829. The highest BCUT2D eigenvalue weighted by Crippen LogP contribution is 2.34. The zero-order chi connectivity index (χ0) is 20.2. The molecule has 1 unspecified atom stereocenters. The van der Waals surface area contributed by atoms with Gasteiger partial charge in [-0.25, -0.2) is 21.6 Å². The van der Waals surface area contributed by atoms with Crippen molar-refractivity contribution in [1.82, 2.24) is 14.1 Å². The van der Waals surface area contributed by atoms with Gasteiger partial charge in [0.25, 0.3) is 10.0 Å². The molecule has 3 atom stereocenters. The van der Waals surface area contributed by atoms with Gasteiger partial charge in [-0.2, -0.15) is 9.19 Å². The highest BCUT2D eigenvalue weighted by atomic mass is 32.2.